The Balaban J connectivity index is 2.25. The van der Waals surface area contributed by atoms with Gasteiger partial charge >= 0.3 is 0 Å². The number of rotatable bonds is 3. The van der Waals surface area contributed by atoms with E-state index >= 15 is 0 Å². The van der Waals surface area contributed by atoms with Crippen LogP contribution in [0.2, 0.25) is 0 Å². The zero-order valence-corrected chi connectivity index (χ0v) is 10.6. The van der Waals surface area contributed by atoms with Crippen LogP contribution in [0.1, 0.15) is 19.1 Å². The van der Waals surface area contributed by atoms with Gasteiger partial charge in [-0.15, -0.1) is 11.6 Å². The number of alkyl halides is 1. The maximum atomic E-state index is 12.1. The van der Waals surface area contributed by atoms with Gasteiger partial charge < -0.3 is 4.42 Å². The lowest BCUT2D eigenvalue weighted by Gasteiger charge is -2.13. The van der Waals surface area contributed by atoms with Crippen LogP contribution >= 0.6 is 11.6 Å². The zero-order valence-electron chi connectivity index (χ0n) is 9.02. The summed E-state index contributed by atoms with van der Waals surface area (Å²) in [7, 11) is -3.45. The second-order valence-corrected chi connectivity index (χ2v) is 6.25. The summed E-state index contributed by atoms with van der Waals surface area (Å²) in [5.74, 6) is 1.08. The third-order valence-electron chi connectivity index (χ3n) is 2.75. The molecule has 0 amide bonds. The molecule has 4 nitrogen and oxygen atoms in total. The summed E-state index contributed by atoms with van der Waals surface area (Å²) in [5, 5.41) is -0.00255. The molecule has 1 aromatic rings. The molecule has 0 radical (unpaired) electrons. The van der Waals surface area contributed by atoms with Gasteiger partial charge in [0.05, 0.1) is 5.88 Å². The molecule has 2 rings (SSSR count). The predicted octanol–water partition coefficient (Wildman–Crippen LogP) is 2.05. The summed E-state index contributed by atoms with van der Waals surface area (Å²) in [4.78, 5) is 0. The highest BCUT2D eigenvalue weighted by Crippen LogP contribution is 2.25. The van der Waals surface area contributed by atoms with Gasteiger partial charge in [0.25, 0.3) is 10.0 Å². The van der Waals surface area contributed by atoms with E-state index in [9.17, 15) is 8.42 Å². The van der Waals surface area contributed by atoms with Gasteiger partial charge in [0.1, 0.15) is 5.76 Å². The van der Waals surface area contributed by atoms with Crippen LogP contribution in [0, 0.1) is 5.92 Å². The van der Waals surface area contributed by atoms with E-state index in [-0.39, 0.29) is 11.0 Å². The van der Waals surface area contributed by atoms with Crippen LogP contribution in [0.15, 0.2) is 21.6 Å². The second kappa shape index (κ2) is 4.39. The Bertz CT molecular complexity index is 468. The summed E-state index contributed by atoms with van der Waals surface area (Å²) < 4.78 is 30.8. The van der Waals surface area contributed by atoms with E-state index in [0.717, 1.165) is 6.42 Å². The fraction of sp³-hybridized carbons (Fsp3) is 0.600. The van der Waals surface area contributed by atoms with Crippen LogP contribution in [-0.4, -0.2) is 25.8 Å². The van der Waals surface area contributed by atoms with Gasteiger partial charge in [-0.25, -0.2) is 8.42 Å². The van der Waals surface area contributed by atoms with Crippen LogP contribution in [0.3, 0.4) is 0 Å². The first-order valence-electron chi connectivity index (χ1n) is 5.19. The minimum absolute atomic E-state index is 0.00255. The molecule has 0 saturated carbocycles. The molecule has 1 atom stereocenters. The first-order chi connectivity index (χ1) is 7.54. The molecule has 0 bridgehead atoms. The molecule has 0 aromatic carbocycles. The van der Waals surface area contributed by atoms with Crippen LogP contribution in [0.25, 0.3) is 0 Å². The first-order valence-corrected chi connectivity index (χ1v) is 7.16. The Hall–Kier alpha value is -0.520. The van der Waals surface area contributed by atoms with Crippen molar-refractivity contribution in [2.45, 2.75) is 24.3 Å². The molecular weight excluding hydrogens is 250 g/mol. The van der Waals surface area contributed by atoms with Crippen molar-refractivity contribution in [3.05, 3.63) is 17.9 Å². The largest absolute Gasteiger partial charge is 0.447 e. The molecule has 1 aliphatic rings. The average molecular weight is 264 g/mol. The Kier molecular flexibility index (Phi) is 3.28. The van der Waals surface area contributed by atoms with Crippen molar-refractivity contribution in [3.63, 3.8) is 0 Å². The number of hydrogen-bond acceptors (Lipinski definition) is 3. The second-order valence-electron chi connectivity index (χ2n) is 4.11. The Morgan fingerprint density at radius 1 is 1.56 bits per heavy atom. The maximum Gasteiger partial charge on any atom is 0.276 e. The van der Waals surface area contributed by atoms with E-state index in [1.165, 1.54) is 10.4 Å². The summed E-state index contributed by atoms with van der Waals surface area (Å²) in [5.41, 5.74) is 0. The van der Waals surface area contributed by atoms with Crippen molar-refractivity contribution in [1.82, 2.24) is 4.31 Å². The first kappa shape index (κ1) is 12.0. The molecule has 90 valence electrons. The highest BCUT2D eigenvalue weighted by molar-refractivity contribution is 7.89. The van der Waals surface area contributed by atoms with E-state index in [0.29, 0.717) is 24.8 Å². The van der Waals surface area contributed by atoms with E-state index in [4.69, 9.17) is 16.0 Å². The Labute approximate surface area is 100 Å². The van der Waals surface area contributed by atoms with Crippen molar-refractivity contribution in [3.8, 4) is 0 Å². The molecule has 1 aromatic heterocycles. The lowest BCUT2D eigenvalue weighted by Crippen LogP contribution is -2.28. The SMILES string of the molecule is CC1CCN(S(=O)(=O)c2ccc(CCl)o2)C1. The van der Waals surface area contributed by atoms with Gasteiger partial charge in [-0.2, -0.15) is 4.31 Å². The van der Waals surface area contributed by atoms with Gasteiger partial charge in [0.2, 0.25) is 5.09 Å². The fourth-order valence-electron chi connectivity index (χ4n) is 1.81. The third kappa shape index (κ3) is 2.12. The van der Waals surface area contributed by atoms with Crippen LogP contribution < -0.4 is 0 Å². The van der Waals surface area contributed by atoms with Gasteiger partial charge in [-0.3, -0.25) is 0 Å². The topological polar surface area (TPSA) is 50.5 Å². The minimum Gasteiger partial charge on any atom is -0.447 e. The molecule has 16 heavy (non-hydrogen) atoms. The van der Waals surface area contributed by atoms with E-state index in [2.05, 4.69) is 0 Å². The van der Waals surface area contributed by atoms with E-state index in [1.807, 2.05) is 6.92 Å². The van der Waals surface area contributed by atoms with Crippen molar-refractivity contribution < 1.29 is 12.8 Å². The number of hydrogen-bond donors (Lipinski definition) is 0. The lowest BCUT2D eigenvalue weighted by atomic mass is 10.2. The molecule has 0 N–H and O–H groups in total. The van der Waals surface area contributed by atoms with Gasteiger partial charge in [-0.1, -0.05) is 6.92 Å². The highest BCUT2D eigenvalue weighted by atomic mass is 35.5. The van der Waals surface area contributed by atoms with Crippen molar-refractivity contribution in [2.75, 3.05) is 13.1 Å². The van der Waals surface area contributed by atoms with Crippen LogP contribution in [0.5, 0.6) is 0 Å². The van der Waals surface area contributed by atoms with Gasteiger partial charge in [-0.05, 0) is 24.5 Å². The predicted molar refractivity (Wildman–Crippen MR) is 60.8 cm³/mol. The lowest BCUT2D eigenvalue weighted by molar-refractivity contribution is 0.393. The molecule has 0 spiro atoms. The summed E-state index contributed by atoms with van der Waals surface area (Å²) >= 11 is 5.57. The number of halogens is 1. The summed E-state index contributed by atoms with van der Waals surface area (Å²) in [6.45, 7) is 3.18. The minimum atomic E-state index is -3.45. The van der Waals surface area contributed by atoms with Gasteiger partial charge in [0, 0.05) is 13.1 Å². The maximum absolute atomic E-state index is 12.1. The zero-order chi connectivity index (χ0) is 11.8. The van der Waals surface area contributed by atoms with E-state index < -0.39 is 10.0 Å². The molecule has 6 heteroatoms. The van der Waals surface area contributed by atoms with E-state index in [1.54, 1.807) is 6.07 Å². The average Bonchev–Trinajstić information content (AvgIpc) is 2.85. The fourth-order valence-corrected chi connectivity index (χ4v) is 3.46. The van der Waals surface area contributed by atoms with Crippen molar-refractivity contribution in [2.24, 2.45) is 5.92 Å². The third-order valence-corrected chi connectivity index (χ3v) is 4.75. The standard InChI is InChI=1S/C10H14ClNO3S/c1-8-4-5-12(7-8)16(13,14)10-3-2-9(6-11)15-10/h2-3,8H,4-7H2,1H3. The van der Waals surface area contributed by atoms with Crippen molar-refractivity contribution >= 4 is 21.6 Å². The highest BCUT2D eigenvalue weighted by Gasteiger charge is 2.32. The Morgan fingerprint density at radius 3 is 2.81 bits per heavy atom. The Morgan fingerprint density at radius 2 is 2.31 bits per heavy atom. The molecule has 1 fully saturated rings. The number of furan rings is 1. The summed E-state index contributed by atoms with van der Waals surface area (Å²) in [6, 6.07) is 3.06. The van der Waals surface area contributed by atoms with Gasteiger partial charge in [0.15, 0.2) is 0 Å². The number of sulfonamides is 1. The molecule has 1 aliphatic heterocycles. The molecule has 1 saturated heterocycles. The van der Waals surface area contributed by atoms with Crippen LogP contribution in [0.4, 0.5) is 0 Å². The van der Waals surface area contributed by atoms with Crippen LogP contribution in [-0.2, 0) is 15.9 Å². The summed E-state index contributed by atoms with van der Waals surface area (Å²) in [6.07, 6.45) is 0.905. The molecule has 0 aliphatic carbocycles. The normalized spacial score (nSPS) is 22.8. The quantitative estimate of drug-likeness (QED) is 0.785. The monoisotopic (exact) mass is 263 g/mol. The molecular formula is C10H14ClNO3S. The molecule has 2 heterocycles. The number of nitrogens with zero attached hydrogens (tertiary/aromatic N) is 1. The smallest absolute Gasteiger partial charge is 0.276 e. The molecule has 1 unspecified atom stereocenters. The van der Waals surface area contributed by atoms with Crippen molar-refractivity contribution in [1.29, 1.82) is 0 Å².